The Kier molecular flexibility index (Phi) is 8.91. The van der Waals surface area contributed by atoms with Crippen molar-refractivity contribution in [2.75, 3.05) is 6.54 Å². The van der Waals surface area contributed by atoms with Gasteiger partial charge in [-0.05, 0) is 67.5 Å². The van der Waals surface area contributed by atoms with Crippen LogP contribution in [0.25, 0.3) is 20.8 Å². The average molecular weight is 550 g/mol. The number of ketones is 1. The molecule has 1 fully saturated rings. The molecule has 0 saturated heterocycles. The number of hydrogen-bond acceptors (Lipinski definition) is 7. The van der Waals surface area contributed by atoms with Gasteiger partial charge >= 0.3 is 0 Å². The van der Waals surface area contributed by atoms with Crippen molar-refractivity contribution in [1.82, 2.24) is 15.3 Å². The Bertz CT molecular complexity index is 1440. The van der Waals surface area contributed by atoms with Gasteiger partial charge in [0.1, 0.15) is 11.5 Å². The van der Waals surface area contributed by atoms with E-state index in [4.69, 9.17) is 10.5 Å². The number of carbonyl (C=O) groups is 1. The number of rotatable bonds is 14. The van der Waals surface area contributed by atoms with E-state index < -0.39 is 11.6 Å². The molecule has 0 bridgehead atoms. The van der Waals surface area contributed by atoms with Crippen molar-refractivity contribution in [3.63, 3.8) is 0 Å². The smallest absolute Gasteiger partial charge is 0.201 e. The molecule has 9 heteroatoms. The molecule has 3 N–H and O–H groups in total. The quantitative estimate of drug-likeness (QED) is 0.170. The van der Waals surface area contributed by atoms with E-state index in [1.165, 1.54) is 23.5 Å². The summed E-state index contributed by atoms with van der Waals surface area (Å²) in [6.07, 6.45) is 8.88. The highest BCUT2D eigenvalue weighted by atomic mass is 32.1. The number of halogens is 2. The SMILES string of the molecule is N[CH]CCCCNCc1ccc(-c2cc3nccc(Oc4ccc(CC(=O)CC5CC5)c(F)c4F)c3s2)nc1. The molecule has 203 valence electrons. The molecule has 0 aliphatic heterocycles. The molecular formula is C30H31F2N4O2S. The number of nitrogens with zero attached hydrogens (tertiary/aromatic N) is 2. The van der Waals surface area contributed by atoms with Gasteiger partial charge in [0.2, 0.25) is 5.82 Å². The number of fused-ring (bicyclic) bond motifs is 1. The molecular weight excluding hydrogens is 518 g/mol. The molecule has 0 unspecified atom stereocenters. The zero-order chi connectivity index (χ0) is 27.2. The van der Waals surface area contributed by atoms with Gasteiger partial charge in [-0.2, -0.15) is 4.39 Å². The van der Waals surface area contributed by atoms with Crippen molar-refractivity contribution in [3.05, 3.63) is 78.1 Å². The first-order valence-electron chi connectivity index (χ1n) is 13.3. The summed E-state index contributed by atoms with van der Waals surface area (Å²) >= 11 is 1.42. The van der Waals surface area contributed by atoms with Gasteiger partial charge in [-0.1, -0.05) is 18.6 Å². The summed E-state index contributed by atoms with van der Waals surface area (Å²) in [4.78, 5) is 22.1. The number of benzene rings is 1. The van der Waals surface area contributed by atoms with Gasteiger partial charge in [0, 0.05) is 44.4 Å². The van der Waals surface area contributed by atoms with Crippen molar-refractivity contribution in [2.24, 2.45) is 11.7 Å². The lowest BCUT2D eigenvalue weighted by molar-refractivity contribution is -0.118. The van der Waals surface area contributed by atoms with Crippen molar-refractivity contribution in [1.29, 1.82) is 0 Å². The van der Waals surface area contributed by atoms with Gasteiger partial charge in [-0.25, -0.2) is 4.39 Å². The number of carbonyl (C=O) groups excluding carboxylic acids is 1. The number of thiophene rings is 1. The Morgan fingerprint density at radius 2 is 1.97 bits per heavy atom. The fourth-order valence-corrected chi connectivity index (χ4v) is 5.42. The third-order valence-electron chi connectivity index (χ3n) is 6.70. The molecule has 6 nitrogen and oxygen atoms in total. The number of hydrogen-bond donors (Lipinski definition) is 2. The highest BCUT2D eigenvalue weighted by Crippen LogP contribution is 2.39. The first-order chi connectivity index (χ1) is 19.0. The van der Waals surface area contributed by atoms with E-state index in [2.05, 4.69) is 15.3 Å². The fourth-order valence-electron chi connectivity index (χ4n) is 4.38. The summed E-state index contributed by atoms with van der Waals surface area (Å²) in [5.41, 5.74) is 8.02. The Morgan fingerprint density at radius 3 is 2.74 bits per heavy atom. The molecule has 0 amide bonds. The molecule has 3 aromatic heterocycles. The number of ether oxygens (including phenoxy) is 1. The van der Waals surface area contributed by atoms with E-state index in [9.17, 15) is 13.6 Å². The summed E-state index contributed by atoms with van der Waals surface area (Å²) in [6.45, 7) is 3.35. The van der Waals surface area contributed by atoms with Crippen LogP contribution in [-0.2, 0) is 17.8 Å². The van der Waals surface area contributed by atoms with Crippen LogP contribution in [0.3, 0.4) is 0 Å². The van der Waals surface area contributed by atoms with E-state index in [-0.39, 0.29) is 23.5 Å². The summed E-state index contributed by atoms with van der Waals surface area (Å²) in [5.74, 6) is -1.66. The normalized spacial score (nSPS) is 13.2. The second-order valence-electron chi connectivity index (χ2n) is 9.91. The van der Waals surface area contributed by atoms with Crippen molar-refractivity contribution >= 4 is 27.3 Å². The van der Waals surface area contributed by atoms with Gasteiger partial charge in [0.15, 0.2) is 11.6 Å². The number of aromatic nitrogens is 2. The van der Waals surface area contributed by atoms with E-state index in [0.717, 1.165) is 61.3 Å². The highest BCUT2D eigenvalue weighted by Gasteiger charge is 2.25. The molecule has 1 radical (unpaired) electrons. The Hall–Kier alpha value is -3.27. The largest absolute Gasteiger partial charge is 0.453 e. The topological polar surface area (TPSA) is 90.1 Å². The van der Waals surface area contributed by atoms with Crippen LogP contribution in [0.1, 0.15) is 49.7 Å². The average Bonchev–Trinajstić information content (AvgIpc) is 3.64. The summed E-state index contributed by atoms with van der Waals surface area (Å²) in [7, 11) is 0. The molecule has 1 aliphatic rings. The molecule has 0 atom stereocenters. The fraction of sp³-hybridized carbons (Fsp3) is 0.333. The van der Waals surface area contributed by atoms with Crippen LogP contribution in [0.15, 0.2) is 48.8 Å². The zero-order valence-corrected chi connectivity index (χ0v) is 22.4. The summed E-state index contributed by atoms with van der Waals surface area (Å²) in [6, 6.07) is 10.3. The van der Waals surface area contributed by atoms with Gasteiger partial charge in [0.05, 0.1) is 20.8 Å². The first-order valence-corrected chi connectivity index (χ1v) is 14.1. The van der Waals surface area contributed by atoms with Gasteiger partial charge in [0.25, 0.3) is 0 Å². The number of nitrogens with two attached hydrogens (primary N) is 1. The highest BCUT2D eigenvalue weighted by molar-refractivity contribution is 7.22. The predicted molar refractivity (Wildman–Crippen MR) is 149 cm³/mol. The summed E-state index contributed by atoms with van der Waals surface area (Å²) < 4.78 is 36.2. The van der Waals surface area contributed by atoms with Crippen LogP contribution < -0.4 is 15.8 Å². The second kappa shape index (κ2) is 12.7. The molecule has 1 aliphatic carbocycles. The third-order valence-corrected chi connectivity index (χ3v) is 7.87. The van der Waals surface area contributed by atoms with Gasteiger partial charge in [-0.15, -0.1) is 11.3 Å². The van der Waals surface area contributed by atoms with Gasteiger partial charge < -0.3 is 15.8 Å². The monoisotopic (exact) mass is 549 g/mol. The molecule has 1 aromatic carbocycles. The van der Waals surface area contributed by atoms with Crippen molar-refractivity contribution < 1.29 is 18.3 Å². The van der Waals surface area contributed by atoms with Crippen LogP contribution >= 0.6 is 11.3 Å². The molecule has 5 rings (SSSR count). The van der Waals surface area contributed by atoms with Crippen LogP contribution in [0.4, 0.5) is 8.78 Å². The maximum Gasteiger partial charge on any atom is 0.201 e. The lowest BCUT2D eigenvalue weighted by Gasteiger charge is -2.10. The minimum absolute atomic E-state index is 0.0544. The molecule has 1 saturated carbocycles. The van der Waals surface area contributed by atoms with Crippen LogP contribution in [0, 0.1) is 24.1 Å². The molecule has 3 heterocycles. The molecule has 39 heavy (non-hydrogen) atoms. The Balaban J connectivity index is 1.26. The minimum Gasteiger partial charge on any atom is -0.453 e. The van der Waals surface area contributed by atoms with Gasteiger partial charge in [-0.3, -0.25) is 14.8 Å². The second-order valence-corrected chi connectivity index (χ2v) is 11.0. The van der Waals surface area contributed by atoms with E-state index in [1.807, 2.05) is 24.4 Å². The zero-order valence-electron chi connectivity index (χ0n) is 21.6. The lowest BCUT2D eigenvalue weighted by atomic mass is 10.0. The van der Waals surface area contributed by atoms with Crippen LogP contribution in [0.2, 0.25) is 0 Å². The predicted octanol–water partition coefficient (Wildman–Crippen LogP) is 6.72. The maximum absolute atomic E-state index is 14.9. The van der Waals surface area contributed by atoms with E-state index >= 15 is 0 Å². The number of pyridine rings is 2. The van der Waals surface area contributed by atoms with Crippen LogP contribution in [-0.4, -0.2) is 22.3 Å². The van der Waals surface area contributed by atoms with E-state index in [0.29, 0.717) is 28.3 Å². The number of unbranched alkanes of at least 4 members (excludes halogenated alkanes) is 2. The number of nitrogens with one attached hydrogen (secondary N) is 1. The van der Waals surface area contributed by atoms with Crippen molar-refractivity contribution in [3.8, 4) is 22.1 Å². The molecule has 0 spiro atoms. The first kappa shape index (κ1) is 27.3. The lowest BCUT2D eigenvalue weighted by Crippen LogP contribution is -2.14. The van der Waals surface area contributed by atoms with Crippen molar-refractivity contribution in [2.45, 2.75) is 51.5 Å². The third kappa shape index (κ3) is 7.03. The van der Waals surface area contributed by atoms with E-state index in [1.54, 1.807) is 18.8 Å². The molecule has 4 aromatic rings. The maximum atomic E-state index is 14.9. The number of Topliss-reactive ketones (excluding diaryl/α,β-unsaturated/α-hetero) is 1. The standard InChI is InChI=1S/C30H31F2N4O2S/c31-28-21(15-22(37)14-19-4-5-19)7-9-25(29(28)32)38-26-10-13-35-24-16-27(39-30(24)26)23-8-6-20(18-36-23)17-34-12-3-1-2-11-33/h6-11,13,16,18-19,34H,1-5,12,14-15,17,33H2. The Labute approximate surface area is 230 Å². The minimum atomic E-state index is -1.10. The Morgan fingerprint density at radius 1 is 1.10 bits per heavy atom. The summed E-state index contributed by atoms with van der Waals surface area (Å²) in [5, 5.41) is 3.41. The van der Waals surface area contributed by atoms with Crippen LogP contribution in [0.5, 0.6) is 11.5 Å².